The third kappa shape index (κ3) is 3.54. The summed E-state index contributed by atoms with van der Waals surface area (Å²) in [4.78, 5) is 12.4. The Kier molecular flexibility index (Phi) is 5.55. The third-order valence-corrected chi connectivity index (χ3v) is 9.32. The number of carbonyl (C=O) groups excluding carboxylic acids is 1. The highest BCUT2D eigenvalue weighted by molar-refractivity contribution is 5.92. The van der Waals surface area contributed by atoms with E-state index in [0.717, 1.165) is 50.7 Å². The minimum absolute atomic E-state index is 0.0451. The Bertz CT molecular complexity index is 925. The number of oxime groups is 1. The van der Waals surface area contributed by atoms with Crippen molar-refractivity contribution in [1.29, 1.82) is 0 Å². The van der Waals surface area contributed by atoms with Crippen LogP contribution in [0.25, 0.3) is 0 Å². The summed E-state index contributed by atoms with van der Waals surface area (Å²) in [7, 11) is 0. The first kappa shape index (κ1) is 21.5. The molecule has 1 aromatic carbocycles. The number of ether oxygens (including phenoxy) is 2. The number of allylic oxidation sites excluding steroid dienone is 1. The van der Waals surface area contributed by atoms with Crippen LogP contribution in [0.2, 0.25) is 0 Å². The zero-order valence-corrected chi connectivity index (χ0v) is 19.3. The Hall–Kier alpha value is -2.30. The quantitative estimate of drug-likeness (QED) is 0.281. The third-order valence-electron chi connectivity index (χ3n) is 9.32. The van der Waals surface area contributed by atoms with E-state index in [9.17, 15) is 10.0 Å². The van der Waals surface area contributed by atoms with Gasteiger partial charge in [0.2, 0.25) is 0 Å². The number of esters is 1. The number of hydrogen-bond acceptors (Lipinski definition) is 5. The second-order valence-electron chi connectivity index (χ2n) is 10.8. The largest absolute Gasteiger partial charge is 0.482 e. The summed E-state index contributed by atoms with van der Waals surface area (Å²) in [6.07, 6.45) is 10.8. The summed E-state index contributed by atoms with van der Waals surface area (Å²) in [5.41, 5.74) is 2.79. The van der Waals surface area contributed by atoms with Gasteiger partial charge in [0.15, 0.2) is 6.61 Å². The van der Waals surface area contributed by atoms with E-state index in [1.807, 2.05) is 30.3 Å². The van der Waals surface area contributed by atoms with Crippen LogP contribution in [-0.4, -0.2) is 29.6 Å². The molecule has 3 saturated carbocycles. The molecule has 6 atom stereocenters. The van der Waals surface area contributed by atoms with Gasteiger partial charge in [0.05, 0.1) is 5.71 Å². The summed E-state index contributed by atoms with van der Waals surface area (Å²) in [6, 6.07) is 9.39. The Morgan fingerprint density at radius 1 is 1.09 bits per heavy atom. The summed E-state index contributed by atoms with van der Waals surface area (Å²) >= 11 is 0. The van der Waals surface area contributed by atoms with Crippen LogP contribution in [-0.2, 0) is 9.53 Å². The molecular weight excluding hydrogens is 402 g/mol. The van der Waals surface area contributed by atoms with Gasteiger partial charge in [0.1, 0.15) is 11.9 Å². The molecule has 0 aromatic heterocycles. The highest BCUT2D eigenvalue weighted by atomic mass is 16.6. The van der Waals surface area contributed by atoms with Gasteiger partial charge in [0.25, 0.3) is 0 Å². The average Bonchev–Trinajstić information content (AvgIpc) is 3.15. The molecule has 5 heteroatoms. The molecule has 4 aliphatic rings. The zero-order valence-electron chi connectivity index (χ0n) is 19.3. The fraction of sp³-hybridized carbons (Fsp3) is 0.630. The predicted octanol–water partition coefficient (Wildman–Crippen LogP) is 5.77. The van der Waals surface area contributed by atoms with Crippen molar-refractivity contribution in [1.82, 2.24) is 0 Å². The van der Waals surface area contributed by atoms with Crippen LogP contribution in [0, 0.1) is 28.6 Å². The monoisotopic (exact) mass is 437 g/mol. The first-order valence-electron chi connectivity index (χ1n) is 12.2. The fourth-order valence-corrected chi connectivity index (χ4v) is 7.56. The average molecular weight is 438 g/mol. The van der Waals surface area contributed by atoms with Gasteiger partial charge in [-0.15, -0.1) is 0 Å². The summed E-state index contributed by atoms with van der Waals surface area (Å²) in [5.74, 6) is 2.36. The Balaban J connectivity index is 1.23. The molecule has 1 N–H and O–H groups in total. The van der Waals surface area contributed by atoms with Crippen LogP contribution >= 0.6 is 0 Å². The van der Waals surface area contributed by atoms with Gasteiger partial charge in [-0.1, -0.05) is 48.9 Å². The van der Waals surface area contributed by atoms with Crippen molar-refractivity contribution in [2.24, 2.45) is 33.7 Å². The maximum atomic E-state index is 12.4. The minimum atomic E-state index is -0.285. The fourth-order valence-electron chi connectivity index (χ4n) is 7.56. The van der Waals surface area contributed by atoms with Gasteiger partial charge in [0, 0.05) is 11.8 Å². The lowest BCUT2D eigenvalue weighted by atomic mass is 9.48. The second-order valence-corrected chi connectivity index (χ2v) is 10.8. The second kappa shape index (κ2) is 8.24. The molecule has 0 saturated heterocycles. The molecule has 0 spiro atoms. The number of nitrogens with zero attached hydrogens (tertiary/aromatic N) is 1. The molecule has 32 heavy (non-hydrogen) atoms. The highest BCUT2D eigenvalue weighted by Crippen LogP contribution is 2.64. The lowest BCUT2D eigenvalue weighted by Gasteiger charge is -2.57. The summed E-state index contributed by atoms with van der Waals surface area (Å²) in [5, 5.41) is 13.2. The van der Waals surface area contributed by atoms with Crippen LogP contribution in [0.3, 0.4) is 0 Å². The molecule has 0 aliphatic heterocycles. The highest BCUT2D eigenvalue weighted by Gasteiger charge is 2.58. The van der Waals surface area contributed by atoms with E-state index in [-0.39, 0.29) is 29.5 Å². The van der Waals surface area contributed by atoms with E-state index in [4.69, 9.17) is 9.47 Å². The molecule has 3 fully saturated rings. The zero-order chi connectivity index (χ0) is 22.3. The predicted molar refractivity (Wildman–Crippen MR) is 123 cm³/mol. The van der Waals surface area contributed by atoms with Crippen molar-refractivity contribution in [3.8, 4) is 5.75 Å². The molecule has 5 rings (SSSR count). The van der Waals surface area contributed by atoms with Crippen LogP contribution in [0.5, 0.6) is 5.75 Å². The van der Waals surface area contributed by atoms with E-state index in [0.29, 0.717) is 23.5 Å². The first-order chi connectivity index (χ1) is 15.4. The van der Waals surface area contributed by atoms with Gasteiger partial charge >= 0.3 is 5.97 Å². The van der Waals surface area contributed by atoms with E-state index < -0.39 is 0 Å². The Labute approximate surface area is 190 Å². The van der Waals surface area contributed by atoms with Gasteiger partial charge in [-0.3, -0.25) is 0 Å². The van der Waals surface area contributed by atoms with Crippen molar-refractivity contribution in [3.05, 3.63) is 42.0 Å². The summed E-state index contributed by atoms with van der Waals surface area (Å²) in [6.45, 7) is 4.73. The van der Waals surface area contributed by atoms with E-state index >= 15 is 0 Å². The maximum absolute atomic E-state index is 12.4. The Morgan fingerprint density at radius 3 is 2.62 bits per heavy atom. The number of benzene rings is 1. The maximum Gasteiger partial charge on any atom is 0.344 e. The smallest absolute Gasteiger partial charge is 0.344 e. The minimum Gasteiger partial charge on any atom is -0.482 e. The van der Waals surface area contributed by atoms with Crippen LogP contribution in [0.15, 0.2) is 47.1 Å². The number of para-hydroxylation sites is 1. The molecular formula is C27H35NO4. The molecule has 0 heterocycles. The van der Waals surface area contributed by atoms with Crippen LogP contribution < -0.4 is 4.74 Å². The van der Waals surface area contributed by atoms with Crippen molar-refractivity contribution in [3.63, 3.8) is 0 Å². The van der Waals surface area contributed by atoms with Gasteiger partial charge in [-0.05, 0) is 80.2 Å². The normalized spacial score (nSPS) is 39.4. The van der Waals surface area contributed by atoms with Crippen LogP contribution in [0.1, 0.15) is 65.2 Å². The number of rotatable bonds is 4. The van der Waals surface area contributed by atoms with Gasteiger partial charge in [-0.25, -0.2) is 4.79 Å². The molecule has 0 amide bonds. The number of hydrogen-bond donors (Lipinski definition) is 1. The molecule has 1 aromatic rings. The van der Waals surface area contributed by atoms with Crippen LogP contribution in [0.4, 0.5) is 0 Å². The molecule has 0 bridgehead atoms. The SMILES string of the molecule is C[C@]12CC[C@H](OC(=O)COc3ccccc3)CC1=CCC1C2CC[C@]2(C)C(=NO)CCC12. The van der Waals surface area contributed by atoms with Gasteiger partial charge in [-0.2, -0.15) is 0 Å². The molecule has 4 aliphatic carbocycles. The van der Waals surface area contributed by atoms with E-state index in [1.54, 1.807) is 0 Å². The van der Waals surface area contributed by atoms with E-state index in [1.165, 1.54) is 12.0 Å². The van der Waals surface area contributed by atoms with E-state index in [2.05, 4.69) is 25.1 Å². The topological polar surface area (TPSA) is 68.1 Å². The molecule has 0 radical (unpaired) electrons. The standard InChI is InChI=1S/C27H35NO4/c1-26-14-12-20(32-25(29)17-31-19-6-4-3-5-7-19)16-18(26)8-9-21-22-10-11-24(28-30)27(22,2)15-13-23(21)26/h3-8,20-23,30H,9-17H2,1-2H3/t20-,21?,22?,23?,26-,27-/m0/s1. The van der Waals surface area contributed by atoms with Crippen molar-refractivity contribution >= 4 is 11.7 Å². The number of carbonyl (C=O) groups is 1. The van der Waals surface area contributed by atoms with Gasteiger partial charge < -0.3 is 14.7 Å². The lowest BCUT2D eigenvalue weighted by Crippen LogP contribution is -2.50. The molecule has 172 valence electrons. The molecule has 5 nitrogen and oxygen atoms in total. The van der Waals surface area contributed by atoms with Crippen molar-refractivity contribution in [2.75, 3.05) is 6.61 Å². The lowest BCUT2D eigenvalue weighted by molar-refractivity contribution is -0.153. The summed E-state index contributed by atoms with van der Waals surface area (Å²) < 4.78 is 11.4. The molecule has 3 unspecified atom stereocenters. The first-order valence-corrected chi connectivity index (χ1v) is 12.2. The van der Waals surface area contributed by atoms with Crippen molar-refractivity contribution < 1.29 is 19.5 Å². The van der Waals surface area contributed by atoms with Crippen molar-refractivity contribution in [2.45, 2.75) is 71.3 Å². The number of fused-ring (bicyclic) bond motifs is 5. The Morgan fingerprint density at radius 2 is 1.84 bits per heavy atom.